The minimum Gasteiger partial charge on any atom is -0.497 e. The molecule has 9 nitrogen and oxygen atoms in total. The zero-order valence-corrected chi connectivity index (χ0v) is 18.7. The summed E-state index contributed by atoms with van der Waals surface area (Å²) in [4.78, 5) is 25.9. The molecule has 0 saturated carbocycles. The molecule has 2 fully saturated rings. The molecule has 2 aromatic heterocycles. The van der Waals surface area contributed by atoms with Crippen LogP contribution in [0.5, 0.6) is 5.75 Å². The normalized spacial score (nSPS) is 21.5. The van der Waals surface area contributed by atoms with Crippen molar-refractivity contribution >= 4 is 22.6 Å². The van der Waals surface area contributed by atoms with E-state index >= 15 is 0 Å². The molecule has 11 heteroatoms. The first-order valence-electron chi connectivity index (χ1n) is 11.2. The van der Waals surface area contributed by atoms with Gasteiger partial charge in [0.1, 0.15) is 17.3 Å². The number of nitrogens with one attached hydrogen (secondary N) is 1. The van der Waals surface area contributed by atoms with Gasteiger partial charge in [-0.25, -0.2) is 13.8 Å². The standard InChI is InChI=1S/C24H21F2N7O2/c1-35-14-2-3-15(21(6-14)33-29-4-5-30-33)24(34)23-16-12-32(11-13(16)9-28-23)22-10-27-19-7-17(25)18(26)8-20(19)31-22/h2-8,10,13,16,23,28H,9,11-12H2,1H3. The molecule has 2 aliphatic rings. The predicted molar refractivity (Wildman–Crippen MR) is 123 cm³/mol. The molecular formula is C24H21F2N7O2. The van der Waals surface area contributed by atoms with Crippen LogP contribution in [0.2, 0.25) is 0 Å². The molecule has 2 aliphatic heterocycles. The number of nitrogens with zero attached hydrogens (tertiary/aromatic N) is 6. The molecule has 0 spiro atoms. The molecular weight excluding hydrogens is 456 g/mol. The van der Waals surface area contributed by atoms with Gasteiger partial charge in [-0.15, -0.1) is 0 Å². The first-order chi connectivity index (χ1) is 17.0. The Morgan fingerprint density at radius 2 is 1.86 bits per heavy atom. The van der Waals surface area contributed by atoms with Gasteiger partial charge in [-0.3, -0.25) is 9.78 Å². The summed E-state index contributed by atoms with van der Waals surface area (Å²) in [5.41, 5.74) is 1.63. The number of aromatic nitrogens is 5. The topological polar surface area (TPSA) is 98.1 Å². The Morgan fingerprint density at radius 1 is 1.09 bits per heavy atom. The van der Waals surface area contributed by atoms with E-state index in [9.17, 15) is 13.6 Å². The van der Waals surface area contributed by atoms with Crippen LogP contribution < -0.4 is 15.0 Å². The van der Waals surface area contributed by atoms with E-state index in [-0.39, 0.29) is 17.6 Å². The van der Waals surface area contributed by atoms with Gasteiger partial charge in [0.15, 0.2) is 17.4 Å². The molecule has 35 heavy (non-hydrogen) atoms. The van der Waals surface area contributed by atoms with E-state index in [2.05, 4.69) is 25.5 Å². The number of ether oxygens (including phenoxy) is 1. The van der Waals surface area contributed by atoms with Gasteiger partial charge in [-0.05, 0) is 18.1 Å². The van der Waals surface area contributed by atoms with Crippen molar-refractivity contribution in [2.45, 2.75) is 6.04 Å². The molecule has 3 unspecified atom stereocenters. The molecule has 1 N–H and O–H groups in total. The molecule has 6 rings (SSSR count). The van der Waals surface area contributed by atoms with Crippen LogP contribution >= 0.6 is 0 Å². The molecule has 3 atom stereocenters. The van der Waals surface area contributed by atoms with Crippen molar-refractivity contribution in [1.29, 1.82) is 0 Å². The minimum absolute atomic E-state index is 0.0450. The number of anilines is 1. The van der Waals surface area contributed by atoms with E-state index in [1.165, 1.54) is 4.80 Å². The molecule has 2 saturated heterocycles. The molecule has 4 heterocycles. The third kappa shape index (κ3) is 3.68. The summed E-state index contributed by atoms with van der Waals surface area (Å²) in [7, 11) is 1.56. The zero-order valence-electron chi connectivity index (χ0n) is 18.7. The van der Waals surface area contributed by atoms with Crippen molar-refractivity contribution in [3.05, 3.63) is 66.1 Å². The Labute approximate surface area is 198 Å². The second kappa shape index (κ2) is 8.35. The predicted octanol–water partition coefficient (Wildman–Crippen LogP) is 2.40. The summed E-state index contributed by atoms with van der Waals surface area (Å²) in [5, 5.41) is 11.8. The van der Waals surface area contributed by atoms with Crippen molar-refractivity contribution in [3.63, 3.8) is 0 Å². The lowest BCUT2D eigenvalue weighted by molar-refractivity contribution is 0.0930. The van der Waals surface area contributed by atoms with E-state index in [1.54, 1.807) is 43.9 Å². The van der Waals surface area contributed by atoms with Crippen LogP contribution in [0.1, 0.15) is 10.4 Å². The second-order valence-corrected chi connectivity index (χ2v) is 8.76. The summed E-state index contributed by atoms with van der Waals surface area (Å²) in [5.74, 6) is -0.498. The molecule has 0 amide bonds. The van der Waals surface area contributed by atoms with Gasteiger partial charge in [0.05, 0.1) is 42.8 Å². The number of halogens is 2. The molecule has 4 aromatic rings. The van der Waals surface area contributed by atoms with E-state index in [0.717, 1.165) is 12.1 Å². The highest BCUT2D eigenvalue weighted by Crippen LogP contribution is 2.35. The molecule has 0 bridgehead atoms. The number of rotatable bonds is 5. The third-order valence-electron chi connectivity index (χ3n) is 6.80. The number of Topliss-reactive ketones (excluding diaryl/α,β-unsaturated/α-hetero) is 1. The van der Waals surface area contributed by atoms with Gasteiger partial charge in [0, 0.05) is 49.3 Å². The maximum atomic E-state index is 13.7. The SMILES string of the molecule is COc1ccc(C(=O)C2NCC3CN(c4cnc5cc(F)c(F)cc5n4)CC32)c(-n2nccn2)c1. The lowest BCUT2D eigenvalue weighted by atomic mass is 9.89. The molecule has 0 radical (unpaired) electrons. The van der Waals surface area contributed by atoms with Crippen molar-refractivity contribution in [2.75, 3.05) is 31.6 Å². The van der Waals surface area contributed by atoms with Crippen molar-refractivity contribution < 1.29 is 18.3 Å². The molecule has 0 aliphatic carbocycles. The van der Waals surface area contributed by atoms with Crippen LogP contribution in [0.4, 0.5) is 14.6 Å². The highest BCUT2D eigenvalue weighted by molar-refractivity contribution is 6.03. The quantitative estimate of drug-likeness (QED) is 0.438. The van der Waals surface area contributed by atoms with E-state index in [1.807, 2.05) is 4.90 Å². The summed E-state index contributed by atoms with van der Waals surface area (Å²) in [6, 6.07) is 6.94. The number of hydrogen-bond acceptors (Lipinski definition) is 8. The highest BCUT2D eigenvalue weighted by Gasteiger charge is 2.46. The van der Waals surface area contributed by atoms with E-state index < -0.39 is 17.7 Å². The number of hydrogen-bond donors (Lipinski definition) is 1. The summed E-state index contributed by atoms with van der Waals surface area (Å²) >= 11 is 0. The average molecular weight is 477 g/mol. The number of carbonyl (C=O) groups is 1. The second-order valence-electron chi connectivity index (χ2n) is 8.76. The smallest absolute Gasteiger partial charge is 0.182 e. The van der Waals surface area contributed by atoms with Crippen LogP contribution in [0.15, 0.2) is 48.9 Å². The van der Waals surface area contributed by atoms with Crippen molar-refractivity contribution in [1.82, 2.24) is 30.3 Å². The minimum atomic E-state index is -0.959. The number of methoxy groups -OCH3 is 1. The highest BCUT2D eigenvalue weighted by atomic mass is 19.2. The summed E-state index contributed by atoms with van der Waals surface area (Å²) in [6.07, 6.45) is 4.67. The van der Waals surface area contributed by atoms with Crippen molar-refractivity contribution in [2.24, 2.45) is 11.8 Å². The van der Waals surface area contributed by atoms with Gasteiger partial charge >= 0.3 is 0 Å². The number of benzene rings is 2. The Morgan fingerprint density at radius 3 is 2.63 bits per heavy atom. The molecule has 2 aromatic carbocycles. The van der Waals surface area contributed by atoms with Gasteiger partial charge in [0.2, 0.25) is 0 Å². The maximum absolute atomic E-state index is 13.7. The van der Waals surface area contributed by atoms with Gasteiger partial charge in [0.25, 0.3) is 0 Å². The van der Waals surface area contributed by atoms with Crippen LogP contribution in [-0.2, 0) is 0 Å². The van der Waals surface area contributed by atoms with E-state index in [4.69, 9.17) is 4.74 Å². The van der Waals surface area contributed by atoms with Gasteiger partial charge in [-0.1, -0.05) is 0 Å². The van der Waals surface area contributed by atoms with Gasteiger partial charge in [-0.2, -0.15) is 15.0 Å². The molecule has 178 valence electrons. The Kier molecular flexibility index (Phi) is 5.14. The lowest BCUT2D eigenvalue weighted by Gasteiger charge is -2.22. The fourth-order valence-electron chi connectivity index (χ4n) is 5.06. The summed E-state index contributed by atoms with van der Waals surface area (Å²) < 4.78 is 32.6. The largest absolute Gasteiger partial charge is 0.497 e. The Bertz CT molecular complexity index is 1430. The van der Waals surface area contributed by atoms with Gasteiger partial charge < -0.3 is 15.0 Å². The Balaban J connectivity index is 1.27. The lowest BCUT2D eigenvalue weighted by Crippen LogP contribution is -2.39. The average Bonchev–Trinajstić information content (AvgIpc) is 3.61. The summed E-state index contributed by atoms with van der Waals surface area (Å²) in [6.45, 7) is 1.95. The monoisotopic (exact) mass is 477 g/mol. The first-order valence-corrected chi connectivity index (χ1v) is 11.2. The van der Waals surface area contributed by atoms with Crippen LogP contribution in [-0.4, -0.2) is 63.5 Å². The number of ketones is 1. The zero-order chi connectivity index (χ0) is 24.1. The first kappa shape index (κ1) is 21.5. The van der Waals surface area contributed by atoms with Crippen LogP contribution in [0.3, 0.4) is 0 Å². The Hall–Kier alpha value is -3.99. The number of fused-ring (bicyclic) bond motifs is 2. The van der Waals surface area contributed by atoms with E-state index in [0.29, 0.717) is 53.5 Å². The van der Waals surface area contributed by atoms with Crippen LogP contribution in [0.25, 0.3) is 16.7 Å². The fraction of sp³-hybridized carbons (Fsp3) is 0.292. The fourth-order valence-corrected chi connectivity index (χ4v) is 5.06. The van der Waals surface area contributed by atoms with Crippen molar-refractivity contribution in [3.8, 4) is 11.4 Å². The number of carbonyl (C=O) groups excluding carboxylic acids is 1. The van der Waals surface area contributed by atoms with Crippen LogP contribution in [0, 0.1) is 23.5 Å². The maximum Gasteiger partial charge on any atom is 0.182 e. The third-order valence-corrected chi connectivity index (χ3v) is 6.80.